The molecule has 112 valence electrons. The fraction of sp³-hybridized carbons (Fsp3) is 0.438. The SMILES string of the molecule is Cc1cccc(CN(C)c2nc(C(C)C)nc(Cl)c2C)n1. The van der Waals surface area contributed by atoms with E-state index in [2.05, 4.69) is 33.7 Å². The maximum absolute atomic E-state index is 6.24. The minimum Gasteiger partial charge on any atom is -0.353 e. The van der Waals surface area contributed by atoms with Gasteiger partial charge in [-0.3, -0.25) is 4.98 Å². The second-order valence-corrected chi connectivity index (χ2v) is 5.96. The van der Waals surface area contributed by atoms with Gasteiger partial charge in [-0.15, -0.1) is 0 Å². The molecular formula is C16H21ClN4. The number of aromatic nitrogens is 3. The van der Waals surface area contributed by atoms with E-state index in [-0.39, 0.29) is 5.92 Å². The summed E-state index contributed by atoms with van der Waals surface area (Å²) < 4.78 is 0. The van der Waals surface area contributed by atoms with Crippen LogP contribution in [0.5, 0.6) is 0 Å². The summed E-state index contributed by atoms with van der Waals surface area (Å²) in [5, 5.41) is 0.521. The smallest absolute Gasteiger partial charge is 0.137 e. The molecule has 5 heteroatoms. The van der Waals surface area contributed by atoms with Gasteiger partial charge < -0.3 is 4.90 Å². The van der Waals surface area contributed by atoms with Crippen molar-refractivity contribution in [3.8, 4) is 0 Å². The molecule has 0 fully saturated rings. The van der Waals surface area contributed by atoms with Crippen LogP contribution in [-0.2, 0) is 6.54 Å². The van der Waals surface area contributed by atoms with Crippen LogP contribution in [0.3, 0.4) is 0 Å². The van der Waals surface area contributed by atoms with Gasteiger partial charge in [0.15, 0.2) is 0 Å². The van der Waals surface area contributed by atoms with E-state index < -0.39 is 0 Å². The maximum atomic E-state index is 6.24. The van der Waals surface area contributed by atoms with Gasteiger partial charge in [-0.2, -0.15) is 0 Å². The van der Waals surface area contributed by atoms with Gasteiger partial charge >= 0.3 is 0 Å². The van der Waals surface area contributed by atoms with Crippen molar-refractivity contribution in [2.75, 3.05) is 11.9 Å². The number of pyridine rings is 1. The molecule has 2 aromatic heterocycles. The highest BCUT2D eigenvalue weighted by molar-refractivity contribution is 6.30. The summed E-state index contributed by atoms with van der Waals surface area (Å²) in [7, 11) is 2.00. The maximum Gasteiger partial charge on any atom is 0.137 e. The predicted octanol–water partition coefficient (Wildman–Crippen LogP) is 3.90. The lowest BCUT2D eigenvalue weighted by Crippen LogP contribution is -2.21. The van der Waals surface area contributed by atoms with Gasteiger partial charge in [0.1, 0.15) is 16.8 Å². The molecule has 2 heterocycles. The van der Waals surface area contributed by atoms with Crippen molar-refractivity contribution >= 4 is 17.4 Å². The van der Waals surface area contributed by atoms with E-state index in [1.54, 1.807) is 0 Å². The number of rotatable bonds is 4. The van der Waals surface area contributed by atoms with Crippen molar-refractivity contribution in [1.82, 2.24) is 15.0 Å². The van der Waals surface area contributed by atoms with E-state index in [9.17, 15) is 0 Å². The van der Waals surface area contributed by atoms with E-state index >= 15 is 0 Å². The zero-order valence-corrected chi connectivity index (χ0v) is 13.9. The van der Waals surface area contributed by atoms with Crippen LogP contribution in [0.25, 0.3) is 0 Å². The van der Waals surface area contributed by atoms with Crippen LogP contribution in [0.4, 0.5) is 5.82 Å². The Morgan fingerprint density at radius 1 is 1.14 bits per heavy atom. The van der Waals surface area contributed by atoms with Crippen LogP contribution in [0.2, 0.25) is 5.15 Å². The molecule has 0 atom stereocenters. The van der Waals surface area contributed by atoms with Crippen LogP contribution in [0.15, 0.2) is 18.2 Å². The predicted molar refractivity (Wildman–Crippen MR) is 86.9 cm³/mol. The zero-order valence-electron chi connectivity index (χ0n) is 13.2. The lowest BCUT2D eigenvalue weighted by atomic mass is 10.2. The molecule has 4 nitrogen and oxygen atoms in total. The summed E-state index contributed by atoms with van der Waals surface area (Å²) >= 11 is 6.24. The first-order chi connectivity index (χ1) is 9.88. The molecular weight excluding hydrogens is 284 g/mol. The molecule has 0 unspecified atom stereocenters. The largest absolute Gasteiger partial charge is 0.353 e. The molecule has 0 aliphatic rings. The second-order valence-electron chi connectivity index (χ2n) is 5.60. The third-order valence-electron chi connectivity index (χ3n) is 3.30. The van der Waals surface area contributed by atoms with Crippen molar-refractivity contribution in [3.63, 3.8) is 0 Å². The minimum atomic E-state index is 0.243. The molecule has 2 aromatic rings. The number of nitrogens with zero attached hydrogens (tertiary/aromatic N) is 4. The van der Waals surface area contributed by atoms with Crippen molar-refractivity contribution in [2.24, 2.45) is 0 Å². The van der Waals surface area contributed by atoms with Gasteiger partial charge in [0, 0.05) is 24.2 Å². The van der Waals surface area contributed by atoms with Gasteiger partial charge in [-0.25, -0.2) is 9.97 Å². The van der Waals surface area contributed by atoms with E-state index in [4.69, 9.17) is 11.6 Å². The normalized spacial score (nSPS) is 11.0. The summed E-state index contributed by atoms with van der Waals surface area (Å²) in [5.41, 5.74) is 2.93. The fourth-order valence-corrected chi connectivity index (χ4v) is 2.30. The summed E-state index contributed by atoms with van der Waals surface area (Å²) in [5.74, 6) is 1.87. The molecule has 0 saturated heterocycles. The molecule has 2 rings (SSSR count). The molecule has 0 saturated carbocycles. The highest BCUT2D eigenvalue weighted by Crippen LogP contribution is 2.25. The number of aryl methyl sites for hydroxylation is 1. The first-order valence-electron chi connectivity index (χ1n) is 7.06. The molecule has 0 amide bonds. The van der Waals surface area contributed by atoms with E-state index in [1.165, 1.54) is 0 Å². The van der Waals surface area contributed by atoms with Gasteiger partial charge in [0.25, 0.3) is 0 Å². The molecule has 21 heavy (non-hydrogen) atoms. The average molecular weight is 305 g/mol. The lowest BCUT2D eigenvalue weighted by Gasteiger charge is -2.21. The Morgan fingerprint density at radius 2 is 1.86 bits per heavy atom. The Hall–Kier alpha value is -1.68. The van der Waals surface area contributed by atoms with Crippen LogP contribution >= 0.6 is 11.6 Å². The quantitative estimate of drug-likeness (QED) is 0.803. The summed E-state index contributed by atoms with van der Waals surface area (Å²) in [6.07, 6.45) is 0. The Bertz CT molecular complexity index is 640. The van der Waals surface area contributed by atoms with Gasteiger partial charge in [0.05, 0.1) is 12.2 Å². The first-order valence-corrected chi connectivity index (χ1v) is 7.44. The molecule has 0 aromatic carbocycles. The summed E-state index contributed by atoms with van der Waals surface area (Å²) in [6, 6.07) is 6.03. The highest BCUT2D eigenvalue weighted by Gasteiger charge is 2.15. The van der Waals surface area contributed by atoms with Crippen molar-refractivity contribution in [1.29, 1.82) is 0 Å². The first kappa shape index (κ1) is 15.7. The Kier molecular flexibility index (Phi) is 4.78. The fourth-order valence-electron chi connectivity index (χ4n) is 2.13. The van der Waals surface area contributed by atoms with E-state index in [1.807, 2.05) is 39.1 Å². The number of anilines is 1. The van der Waals surface area contributed by atoms with Crippen LogP contribution in [-0.4, -0.2) is 22.0 Å². The van der Waals surface area contributed by atoms with Crippen molar-refractivity contribution in [3.05, 3.63) is 46.1 Å². The molecule has 0 aliphatic heterocycles. The van der Waals surface area contributed by atoms with E-state index in [0.717, 1.165) is 28.6 Å². The lowest BCUT2D eigenvalue weighted by molar-refractivity contribution is 0.755. The average Bonchev–Trinajstić information content (AvgIpc) is 2.41. The Balaban J connectivity index is 2.32. The topological polar surface area (TPSA) is 41.9 Å². The van der Waals surface area contributed by atoms with Crippen LogP contribution in [0, 0.1) is 13.8 Å². The Labute approximate surface area is 131 Å². The summed E-state index contributed by atoms with van der Waals surface area (Å²) in [4.78, 5) is 15.6. The Morgan fingerprint density at radius 3 is 2.48 bits per heavy atom. The van der Waals surface area contributed by atoms with Gasteiger partial charge in [-0.1, -0.05) is 31.5 Å². The monoisotopic (exact) mass is 304 g/mol. The standard InChI is InChI=1S/C16H21ClN4/c1-10(2)15-19-14(17)12(4)16(20-15)21(5)9-13-8-6-7-11(3)18-13/h6-8,10H,9H2,1-5H3. The molecule has 0 N–H and O–H groups in total. The third kappa shape index (κ3) is 3.70. The van der Waals surface area contributed by atoms with E-state index in [0.29, 0.717) is 11.7 Å². The van der Waals surface area contributed by atoms with Crippen LogP contribution in [0.1, 0.15) is 42.5 Å². The molecule has 0 spiro atoms. The summed E-state index contributed by atoms with van der Waals surface area (Å²) in [6.45, 7) is 8.75. The molecule has 0 aliphatic carbocycles. The highest BCUT2D eigenvalue weighted by atomic mass is 35.5. The number of hydrogen-bond acceptors (Lipinski definition) is 4. The zero-order chi connectivity index (χ0) is 15.6. The van der Waals surface area contributed by atoms with Gasteiger partial charge in [0.2, 0.25) is 0 Å². The van der Waals surface area contributed by atoms with Gasteiger partial charge in [-0.05, 0) is 26.0 Å². The van der Waals surface area contributed by atoms with Crippen molar-refractivity contribution in [2.45, 2.75) is 40.2 Å². The molecule has 0 radical (unpaired) electrons. The number of hydrogen-bond donors (Lipinski definition) is 0. The van der Waals surface area contributed by atoms with Crippen molar-refractivity contribution < 1.29 is 0 Å². The third-order valence-corrected chi connectivity index (χ3v) is 3.67. The second kappa shape index (κ2) is 6.39. The van der Waals surface area contributed by atoms with Crippen LogP contribution < -0.4 is 4.90 Å². The minimum absolute atomic E-state index is 0.243. The number of halogens is 1. The molecule has 0 bridgehead atoms.